The normalized spacial score (nSPS) is 14.2. The van der Waals surface area contributed by atoms with E-state index in [9.17, 15) is 0 Å². The van der Waals surface area contributed by atoms with Crippen molar-refractivity contribution in [3.8, 4) is 0 Å². The standard InChI is InChI=1S/C13H18ClN3/c1-8-6-10-12(15-7-8)17(13(3,4)5)11(16-10)9(2)14/h6-7,9H,1-5H3. The first kappa shape index (κ1) is 12.4. The summed E-state index contributed by atoms with van der Waals surface area (Å²) in [5.74, 6) is 0.882. The summed E-state index contributed by atoms with van der Waals surface area (Å²) < 4.78 is 2.12. The summed E-state index contributed by atoms with van der Waals surface area (Å²) in [7, 11) is 0. The molecule has 1 atom stereocenters. The largest absolute Gasteiger partial charge is 0.306 e. The summed E-state index contributed by atoms with van der Waals surface area (Å²) in [6.45, 7) is 10.4. The number of aryl methyl sites for hydroxylation is 1. The van der Waals surface area contributed by atoms with Gasteiger partial charge in [-0.25, -0.2) is 9.97 Å². The maximum Gasteiger partial charge on any atom is 0.160 e. The molecule has 2 rings (SSSR count). The Balaban J connectivity index is 2.81. The first-order valence-corrected chi connectivity index (χ1v) is 6.24. The van der Waals surface area contributed by atoms with E-state index in [0.29, 0.717) is 0 Å². The Labute approximate surface area is 107 Å². The Kier molecular flexibility index (Phi) is 2.90. The molecule has 0 amide bonds. The molecule has 0 saturated heterocycles. The van der Waals surface area contributed by atoms with Gasteiger partial charge in [-0.2, -0.15) is 0 Å². The second kappa shape index (κ2) is 3.98. The van der Waals surface area contributed by atoms with E-state index in [-0.39, 0.29) is 10.9 Å². The van der Waals surface area contributed by atoms with Gasteiger partial charge in [0.25, 0.3) is 0 Å². The van der Waals surface area contributed by atoms with Gasteiger partial charge in [-0.3, -0.25) is 0 Å². The van der Waals surface area contributed by atoms with Gasteiger partial charge in [0.2, 0.25) is 0 Å². The van der Waals surface area contributed by atoms with E-state index in [1.807, 2.05) is 26.1 Å². The van der Waals surface area contributed by atoms with Gasteiger partial charge in [0.15, 0.2) is 5.65 Å². The molecule has 1 unspecified atom stereocenters. The average molecular weight is 252 g/mol. The molecule has 17 heavy (non-hydrogen) atoms. The van der Waals surface area contributed by atoms with Gasteiger partial charge >= 0.3 is 0 Å². The van der Waals surface area contributed by atoms with Crippen LogP contribution in [0.25, 0.3) is 11.2 Å². The molecule has 0 N–H and O–H groups in total. The molecule has 2 aromatic rings. The lowest BCUT2D eigenvalue weighted by Gasteiger charge is -2.24. The van der Waals surface area contributed by atoms with Crippen molar-refractivity contribution < 1.29 is 0 Å². The van der Waals surface area contributed by atoms with Crippen LogP contribution < -0.4 is 0 Å². The quantitative estimate of drug-likeness (QED) is 0.722. The second-order valence-corrected chi connectivity index (χ2v) is 6.10. The molecule has 2 heterocycles. The zero-order valence-corrected chi connectivity index (χ0v) is 11.7. The van der Waals surface area contributed by atoms with Crippen molar-refractivity contribution in [1.29, 1.82) is 0 Å². The van der Waals surface area contributed by atoms with Crippen molar-refractivity contribution in [2.75, 3.05) is 0 Å². The van der Waals surface area contributed by atoms with Gasteiger partial charge in [0, 0.05) is 11.7 Å². The minimum atomic E-state index is -0.122. The minimum absolute atomic E-state index is 0.0739. The Morgan fingerprint density at radius 3 is 2.53 bits per heavy atom. The lowest BCUT2D eigenvalue weighted by Crippen LogP contribution is -2.24. The van der Waals surface area contributed by atoms with E-state index in [1.165, 1.54) is 0 Å². The number of hydrogen-bond acceptors (Lipinski definition) is 2. The topological polar surface area (TPSA) is 30.7 Å². The fourth-order valence-corrected chi connectivity index (χ4v) is 2.16. The van der Waals surface area contributed by atoms with Crippen molar-refractivity contribution in [2.45, 2.75) is 45.5 Å². The number of imidazole rings is 1. The molecule has 3 nitrogen and oxygen atoms in total. The van der Waals surface area contributed by atoms with Crippen molar-refractivity contribution >= 4 is 22.8 Å². The van der Waals surface area contributed by atoms with E-state index < -0.39 is 0 Å². The highest BCUT2D eigenvalue weighted by Crippen LogP contribution is 2.29. The lowest BCUT2D eigenvalue weighted by molar-refractivity contribution is 0.392. The Hall–Kier alpha value is -1.09. The van der Waals surface area contributed by atoms with Crippen LogP contribution in [0.5, 0.6) is 0 Å². The van der Waals surface area contributed by atoms with Crippen molar-refractivity contribution in [3.05, 3.63) is 23.7 Å². The van der Waals surface area contributed by atoms with E-state index in [2.05, 4.69) is 35.3 Å². The molecule has 0 saturated carbocycles. The zero-order valence-electron chi connectivity index (χ0n) is 11.0. The molecule has 0 radical (unpaired) electrons. The van der Waals surface area contributed by atoms with Gasteiger partial charge in [-0.05, 0) is 46.2 Å². The van der Waals surface area contributed by atoms with Crippen LogP contribution in [0.2, 0.25) is 0 Å². The summed E-state index contributed by atoms with van der Waals surface area (Å²) in [5, 5.41) is -0.122. The van der Waals surface area contributed by atoms with Crippen LogP contribution in [0.3, 0.4) is 0 Å². The van der Waals surface area contributed by atoms with E-state index in [1.54, 1.807) is 0 Å². The predicted octanol–water partition coefficient (Wildman–Crippen LogP) is 3.79. The first-order chi connectivity index (χ1) is 7.80. The zero-order chi connectivity index (χ0) is 12.8. The van der Waals surface area contributed by atoms with Crippen LogP contribution in [-0.4, -0.2) is 14.5 Å². The maximum atomic E-state index is 6.21. The number of hydrogen-bond donors (Lipinski definition) is 0. The van der Waals surface area contributed by atoms with Crippen LogP contribution in [0.4, 0.5) is 0 Å². The summed E-state index contributed by atoms with van der Waals surface area (Å²) in [5.41, 5.74) is 2.87. The Morgan fingerprint density at radius 2 is 2.00 bits per heavy atom. The fourth-order valence-electron chi connectivity index (χ4n) is 2.01. The van der Waals surface area contributed by atoms with Crippen LogP contribution in [-0.2, 0) is 5.54 Å². The molecule has 0 aliphatic rings. The summed E-state index contributed by atoms with van der Waals surface area (Å²) in [4.78, 5) is 9.10. The molecule has 0 aromatic carbocycles. The Bertz CT molecular complexity index is 550. The molecule has 0 bridgehead atoms. The van der Waals surface area contributed by atoms with E-state index in [4.69, 9.17) is 11.6 Å². The summed E-state index contributed by atoms with van der Waals surface area (Å²) in [6.07, 6.45) is 1.87. The highest BCUT2D eigenvalue weighted by atomic mass is 35.5. The number of nitrogens with zero attached hydrogens (tertiary/aromatic N) is 3. The van der Waals surface area contributed by atoms with Crippen LogP contribution in [0.1, 0.15) is 44.5 Å². The van der Waals surface area contributed by atoms with Crippen molar-refractivity contribution in [2.24, 2.45) is 0 Å². The number of rotatable bonds is 1. The third kappa shape index (κ3) is 2.16. The highest BCUT2D eigenvalue weighted by Gasteiger charge is 2.24. The first-order valence-electron chi connectivity index (χ1n) is 5.80. The van der Waals surface area contributed by atoms with Crippen LogP contribution in [0, 0.1) is 6.92 Å². The molecule has 92 valence electrons. The number of aromatic nitrogens is 3. The summed E-state index contributed by atoms with van der Waals surface area (Å²) in [6, 6.07) is 2.05. The van der Waals surface area contributed by atoms with Crippen molar-refractivity contribution in [3.63, 3.8) is 0 Å². The molecule has 0 aliphatic carbocycles. The van der Waals surface area contributed by atoms with Gasteiger partial charge < -0.3 is 4.57 Å². The SMILES string of the molecule is Cc1cnc2c(c1)nc(C(C)Cl)n2C(C)(C)C. The molecule has 2 aromatic heterocycles. The van der Waals surface area contributed by atoms with E-state index >= 15 is 0 Å². The highest BCUT2D eigenvalue weighted by molar-refractivity contribution is 6.20. The second-order valence-electron chi connectivity index (χ2n) is 5.45. The van der Waals surface area contributed by atoms with Gasteiger partial charge in [0.05, 0.1) is 5.38 Å². The molecular formula is C13H18ClN3. The summed E-state index contributed by atoms with van der Waals surface area (Å²) >= 11 is 6.21. The number of alkyl halides is 1. The molecule has 0 aliphatic heterocycles. The number of pyridine rings is 1. The maximum absolute atomic E-state index is 6.21. The van der Waals surface area contributed by atoms with Gasteiger partial charge in [-0.15, -0.1) is 11.6 Å². The third-order valence-corrected chi connectivity index (χ3v) is 2.88. The van der Waals surface area contributed by atoms with Gasteiger partial charge in [-0.1, -0.05) is 0 Å². The third-order valence-electron chi connectivity index (χ3n) is 2.69. The average Bonchev–Trinajstić information content (AvgIpc) is 2.55. The smallest absolute Gasteiger partial charge is 0.160 e. The fraction of sp³-hybridized carbons (Fsp3) is 0.538. The van der Waals surface area contributed by atoms with Crippen molar-refractivity contribution in [1.82, 2.24) is 14.5 Å². The monoisotopic (exact) mass is 251 g/mol. The molecule has 0 spiro atoms. The van der Waals surface area contributed by atoms with E-state index in [0.717, 1.165) is 22.6 Å². The number of fused-ring (bicyclic) bond motifs is 1. The minimum Gasteiger partial charge on any atom is -0.306 e. The van der Waals surface area contributed by atoms with Crippen LogP contribution in [0.15, 0.2) is 12.3 Å². The predicted molar refractivity (Wildman–Crippen MR) is 71.5 cm³/mol. The number of halogens is 1. The van der Waals surface area contributed by atoms with Gasteiger partial charge in [0.1, 0.15) is 11.3 Å². The Morgan fingerprint density at radius 1 is 1.35 bits per heavy atom. The molecular weight excluding hydrogens is 234 g/mol. The molecule has 4 heteroatoms. The molecule has 0 fully saturated rings. The lowest BCUT2D eigenvalue weighted by atomic mass is 10.1. The van der Waals surface area contributed by atoms with Crippen LogP contribution >= 0.6 is 11.6 Å².